The Morgan fingerprint density at radius 3 is 2.57 bits per heavy atom. The van der Waals surface area contributed by atoms with Gasteiger partial charge in [0.25, 0.3) is 0 Å². The van der Waals surface area contributed by atoms with Crippen molar-refractivity contribution in [3.63, 3.8) is 0 Å². The van der Waals surface area contributed by atoms with Crippen LogP contribution >= 0.6 is 0 Å². The van der Waals surface area contributed by atoms with E-state index in [2.05, 4.69) is 0 Å². The lowest BCUT2D eigenvalue weighted by atomic mass is 9.97. The van der Waals surface area contributed by atoms with E-state index in [1.54, 1.807) is 0 Å². The molecule has 1 aliphatic rings. The Kier molecular flexibility index (Phi) is 1.96. The third-order valence-electron chi connectivity index (χ3n) is 3.38. The highest BCUT2D eigenvalue weighted by atomic mass is 19.1. The molecule has 1 saturated carbocycles. The molecule has 1 aromatic rings. The minimum Gasteiger partial charge on any atom is -0.464 e. The first-order valence-electron chi connectivity index (χ1n) is 4.91. The van der Waals surface area contributed by atoms with Crippen molar-refractivity contribution >= 4 is 0 Å². The Hall–Kier alpha value is -0.830. The summed E-state index contributed by atoms with van der Waals surface area (Å²) in [5.74, 6) is 1.58. The highest BCUT2D eigenvalue weighted by Crippen LogP contribution is 2.55. The fourth-order valence-corrected chi connectivity index (χ4v) is 1.73. The van der Waals surface area contributed by atoms with Gasteiger partial charge in [0.15, 0.2) is 0 Å². The van der Waals surface area contributed by atoms with Gasteiger partial charge in [0.2, 0.25) is 0 Å². The monoisotopic (exact) mass is 197 g/mol. The van der Waals surface area contributed by atoms with Gasteiger partial charge in [-0.3, -0.25) is 0 Å². The molecule has 2 nitrogen and oxygen atoms in total. The van der Waals surface area contributed by atoms with Gasteiger partial charge in [-0.25, -0.2) is 4.39 Å². The number of rotatable bonds is 2. The zero-order chi connectivity index (χ0) is 10.5. The fraction of sp³-hybridized carbons (Fsp3) is 0.636. The van der Waals surface area contributed by atoms with Crippen molar-refractivity contribution < 1.29 is 8.81 Å². The summed E-state index contributed by atoms with van der Waals surface area (Å²) in [7, 11) is 0. The zero-order valence-electron chi connectivity index (χ0n) is 8.80. The van der Waals surface area contributed by atoms with Crippen LogP contribution in [0.15, 0.2) is 10.5 Å². The van der Waals surface area contributed by atoms with E-state index in [1.165, 1.54) is 0 Å². The fourth-order valence-electron chi connectivity index (χ4n) is 1.73. The minimum absolute atomic E-state index is 0.315. The van der Waals surface area contributed by atoms with E-state index >= 15 is 0 Å². The molecule has 14 heavy (non-hydrogen) atoms. The van der Waals surface area contributed by atoms with Crippen LogP contribution in [0.25, 0.3) is 0 Å². The number of hydrogen-bond acceptors (Lipinski definition) is 2. The molecular weight excluding hydrogens is 181 g/mol. The number of furan rings is 1. The van der Waals surface area contributed by atoms with Gasteiger partial charge in [-0.2, -0.15) is 0 Å². The Balaban J connectivity index is 2.24. The summed E-state index contributed by atoms with van der Waals surface area (Å²) in [5.41, 5.74) is 6.65. The number of alkyl halides is 1. The van der Waals surface area contributed by atoms with Crippen LogP contribution in [-0.4, -0.2) is 6.17 Å². The van der Waals surface area contributed by atoms with Crippen molar-refractivity contribution in [2.75, 3.05) is 0 Å². The van der Waals surface area contributed by atoms with Crippen LogP contribution in [0.2, 0.25) is 0 Å². The molecular formula is C11H16FNO. The van der Waals surface area contributed by atoms with E-state index in [9.17, 15) is 4.39 Å². The molecule has 1 aliphatic carbocycles. The van der Waals surface area contributed by atoms with Crippen LogP contribution in [0.1, 0.15) is 36.5 Å². The molecule has 3 unspecified atom stereocenters. The normalized spacial score (nSPS) is 33.1. The van der Waals surface area contributed by atoms with Crippen LogP contribution < -0.4 is 5.73 Å². The lowest BCUT2D eigenvalue weighted by molar-refractivity contribution is 0.298. The van der Waals surface area contributed by atoms with E-state index in [-0.39, 0.29) is 6.04 Å². The second kappa shape index (κ2) is 2.83. The van der Waals surface area contributed by atoms with Gasteiger partial charge in [0.1, 0.15) is 17.7 Å². The Morgan fingerprint density at radius 1 is 1.64 bits per heavy atom. The van der Waals surface area contributed by atoms with E-state index in [1.807, 2.05) is 26.8 Å². The molecule has 78 valence electrons. The van der Waals surface area contributed by atoms with Gasteiger partial charge >= 0.3 is 0 Å². The van der Waals surface area contributed by atoms with Gasteiger partial charge in [-0.15, -0.1) is 0 Å². The van der Waals surface area contributed by atoms with Gasteiger partial charge in [-0.1, -0.05) is 6.92 Å². The molecule has 0 saturated heterocycles. The standard InChI is InChI=1S/C11H16FNO/c1-6-4-8(14-7(6)2)10(13)11(3)5-9(11)12/h4,9-10H,5,13H2,1-3H3. The quantitative estimate of drug-likeness (QED) is 0.791. The number of hydrogen-bond donors (Lipinski definition) is 1. The Morgan fingerprint density at radius 2 is 2.21 bits per heavy atom. The zero-order valence-corrected chi connectivity index (χ0v) is 8.80. The van der Waals surface area contributed by atoms with Crippen molar-refractivity contribution in [3.05, 3.63) is 23.2 Å². The predicted octanol–water partition coefficient (Wildman–Crippen LogP) is 2.64. The highest BCUT2D eigenvalue weighted by molar-refractivity contribution is 5.24. The number of halogens is 1. The maximum absolute atomic E-state index is 13.1. The van der Waals surface area contributed by atoms with Crippen LogP contribution in [0, 0.1) is 19.3 Å². The van der Waals surface area contributed by atoms with Crippen molar-refractivity contribution in [3.8, 4) is 0 Å². The molecule has 1 fully saturated rings. The summed E-state index contributed by atoms with van der Waals surface area (Å²) in [6.07, 6.45) is -0.226. The van der Waals surface area contributed by atoms with Crippen LogP contribution in [0.3, 0.4) is 0 Å². The second-order valence-electron chi connectivity index (χ2n) is 4.54. The Labute approximate surface area is 83.3 Å². The number of nitrogens with two attached hydrogens (primary N) is 1. The molecule has 0 radical (unpaired) electrons. The SMILES string of the molecule is Cc1cc(C(N)C2(C)CC2F)oc1C. The summed E-state index contributed by atoms with van der Waals surface area (Å²) < 4.78 is 18.6. The first-order chi connectivity index (χ1) is 6.45. The number of aryl methyl sites for hydroxylation is 2. The molecule has 1 aromatic heterocycles. The van der Waals surface area contributed by atoms with Gasteiger partial charge < -0.3 is 10.2 Å². The van der Waals surface area contributed by atoms with Crippen molar-refractivity contribution in [2.24, 2.45) is 11.1 Å². The lowest BCUT2D eigenvalue weighted by Crippen LogP contribution is -2.21. The first-order valence-corrected chi connectivity index (χ1v) is 4.91. The maximum atomic E-state index is 13.1. The smallest absolute Gasteiger partial charge is 0.121 e. The summed E-state index contributed by atoms with van der Waals surface area (Å²) in [4.78, 5) is 0. The highest BCUT2D eigenvalue weighted by Gasteiger charge is 2.56. The summed E-state index contributed by atoms with van der Waals surface area (Å²) >= 11 is 0. The molecule has 3 atom stereocenters. The molecule has 0 spiro atoms. The molecule has 1 heterocycles. The topological polar surface area (TPSA) is 39.2 Å². The van der Waals surface area contributed by atoms with Gasteiger partial charge in [-0.05, 0) is 31.9 Å². The van der Waals surface area contributed by atoms with Gasteiger partial charge in [0, 0.05) is 5.41 Å². The average molecular weight is 197 g/mol. The van der Waals surface area contributed by atoms with E-state index in [0.717, 1.165) is 11.3 Å². The maximum Gasteiger partial charge on any atom is 0.121 e. The largest absolute Gasteiger partial charge is 0.464 e. The molecule has 3 heteroatoms. The van der Waals surface area contributed by atoms with Crippen molar-refractivity contribution in [2.45, 2.75) is 39.4 Å². The van der Waals surface area contributed by atoms with E-state index < -0.39 is 11.6 Å². The van der Waals surface area contributed by atoms with Gasteiger partial charge in [0.05, 0.1) is 6.04 Å². The van der Waals surface area contributed by atoms with Crippen LogP contribution in [0.4, 0.5) is 4.39 Å². The van der Waals surface area contributed by atoms with E-state index in [4.69, 9.17) is 10.2 Å². The van der Waals surface area contributed by atoms with Crippen molar-refractivity contribution in [1.82, 2.24) is 0 Å². The van der Waals surface area contributed by atoms with Crippen molar-refractivity contribution in [1.29, 1.82) is 0 Å². The molecule has 0 bridgehead atoms. The molecule has 0 amide bonds. The molecule has 0 aliphatic heterocycles. The third kappa shape index (κ3) is 1.27. The lowest BCUT2D eigenvalue weighted by Gasteiger charge is -2.15. The minimum atomic E-state index is -0.775. The summed E-state index contributed by atoms with van der Waals surface area (Å²) in [6, 6.07) is 1.60. The van der Waals surface area contributed by atoms with Crippen LogP contribution in [-0.2, 0) is 0 Å². The van der Waals surface area contributed by atoms with E-state index in [0.29, 0.717) is 12.2 Å². The predicted molar refractivity (Wildman–Crippen MR) is 52.7 cm³/mol. The van der Waals surface area contributed by atoms with Crippen LogP contribution in [0.5, 0.6) is 0 Å². The molecule has 0 aromatic carbocycles. The summed E-state index contributed by atoms with van der Waals surface area (Å²) in [5, 5.41) is 0. The molecule has 2 N–H and O–H groups in total. The summed E-state index contributed by atoms with van der Waals surface area (Å²) in [6.45, 7) is 5.74. The third-order valence-corrected chi connectivity index (χ3v) is 3.38. The Bertz CT molecular complexity index is 341. The average Bonchev–Trinajstić information content (AvgIpc) is 2.58. The first kappa shape index (κ1) is 9.71. The second-order valence-corrected chi connectivity index (χ2v) is 4.54. The molecule has 2 rings (SSSR count).